The van der Waals surface area contributed by atoms with E-state index in [2.05, 4.69) is 34.9 Å². The lowest BCUT2D eigenvalue weighted by Crippen LogP contribution is -2.38. The van der Waals surface area contributed by atoms with E-state index >= 15 is 0 Å². The minimum atomic E-state index is 0.896. The van der Waals surface area contributed by atoms with Crippen LogP contribution < -0.4 is 0 Å². The summed E-state index contributed by atoms with van der Waals surface area (Å²) in [6.07, 6.45) is 6.91. The fraction of sp³-hybridized carbons (Fsp3) is 0.692. The average molecular weight is 222 g/mol. The molecule has 0 bridgehead atoms. The lowest BCUT2D eigenvalue weighted by atomic mass is 10.2. The largest absolute Gasteiger partial charge is 0.379 e. The molecule has 0 saturated carbocycles. The number of aromatic nitrogens is 1. The van der Waals surface area contributed by atoms with Gasteiger partial charge in [-0.1, -0.05) is 13.3 Å². The Hall–Kier alpha value is -0.800. The van der Waals surface area contributed by atoms with Crippen LogP contribution in [0.25, 0.3) is 0 Å². The molecule has 1 fully saturated rings. The zero-order valence-electron chi connectivity index (χ0n) is 10.2. The molecule has 1 aromatic rings. The highest BCUT2D eigenvalue weighted by molar-refractivity contribution is 5.10. The van der Waals surface area contributed by atoms with Gasteiger partial charge < -0.3 is 9.30 Å². The average Bonchev–Trinajstić information content (AvgIpc) is 2.76. The van der Waals surface area contributed by atoms with E-state index in [0.717, 1.165) is 39.4 Å². The molecule has 1 aliphatic rings. The second-order valence-corrected chi connectivity index (χ2v) is 4.46. The van der Waals surface area contributed by atoms with Gasteiger partial charge in [-0.25, -0.2) is 0 Å². The Labute approximate surface area is 98.0 Å². The van der Waals surface area contributed by atoms with E-state index in [1.54, 1.807) is 0 Å². The maximum atomic E-state index is 5.34. The Morgan fingerprint density at radius 2 is 2.06 bits per heavy atom. The van der Waals surface area contributed by atoms with Crippen LogP contribution in [0.5, 0.6) is 0 Å². The Morgan fingerprint density at radius 3 is 2.81 bits per heavy atom. The van der Waals surface area contributed by atoms with Crippen molar-refractivity contribution in [2.75, 3.05) is 32.8 Å². The van der Waals surface area contributed by atoms with Crippen molar-refractivity contribution in [1.82, 2.24) is 9.47 Å². The van der Waals surface area contributed by atoms with Crippen LogP contribution >= 0.6 is 0 Å². The number of rotatable bonds is 5. The molecular formula is C13H22N2O. The molecule has 0 aliphatic carbocycles. The van der Waals surface area contributed by atoms with E-state index in [4.69, 9.17) is 4.74 Å². The number of hydrogen-bond acceptors (Lipinski definition) is 2. The van der Waals surface area contributed by atoms with Gasteiger partial charge in [0.2, 0.25) is 0 Å². The van der Waals surface area contributed by atoms with E-state index in [0.29, 0.717) is 0 Å². The fourth-order valence-corrected chi connectivity index (χ4v) is 2.15. The van der Waals surface area contributed by atoms with Gasteiger partial charge in [0.1, 0.15) is 0 Å². The first-order valence-electron chi connectivity index (χ1n) is 6.33. The summed E-state index contributed by atoms with van der Waals surface area (Å²) < 4.78 is 7.65. The highest BCUT2D eigenvalue weighted by atomic mass is 16.5. The highest BCUT2D eigenvalue weighted by Crippen LogP contribution is 2.05. The molecule has 16 heavy (non-hydrogen) atoms. The zero-order valence-corrected chi connectivity index (χ0v) is 10.2. The van der Waals surface area contributed by atoms with Crippen molar-refractivity contribution < 1.29 is 4.74 Å². The lowest BCUT2D eigenvalue weighted by Gasteiger charge is -2.26. The first-order chi connectivity index (χ1) is 7.88. The Morgan fingerprint density at radius 1 is 1.25 bits per heavy atom. The summed E-state index contributed by atoms with van der Waals surface area (Å²) >= 11 is 0. The van der Waals surface area contributed by atoms with Gasteiger partial charge in [-0.05, 0) is 18.1 Å². The highest BCUT2D eigenvalue weighted by Gasteiger charge is 2.09. The first kappa shape index (κ1) is 11.7. The van der Waals surface area contributed by atoms with Crippen molar-refractivity contribution in [1.29, 1.82) is 0 Å². The second kappa shape index (κ2) is 6.06. The van der Waals surface area contributed by atoms with Gasteiger partial charge in [-0.3, -0.25) is 4.90 Å². The van der Waals surface area contributed by atoms with Crippen molar-refractivity contribution in [3.8, 4) is 0 Å². The Bertz CT molecular complexity index is 303. The molecule has 3 nitrogen and oxygen atoms in total. The molecular weight excluding hydrogens is 200 g/mol. The predicted molar refractivity (Wildman–Crippen MR) is 65.7 cm³/mol. The summed E-state index contributed by atoms with van der Waals surface area (Å²) in [5, 5.41) is 0. The molecule has 1 saturated heterocycles. The van der Waals surface area contributed by atoms with E-state index in [1.807, 2.05) is 0 Å². The predicted octanol–water partition coefficient (Wildman–Crippen LogP) is 1.77. The molecule has 0 aromatic carbocycles. The summed E-state index contributed by atoms with van der Waals surface area (Å²) in [6.45, 7) is 8.43. The molecule has 0 N–H and O–H groups in total. The third-order valence-electron chi connectivity index (χ3n) is 3.13. The number of aryl methyl sites for hydroxylation is 1. The number of ether oxygens (including phenoxy) is 1. The molecule has 1 aliphatic heterocycles. The summed E-state index contributed by atoms with van der Waals surface area (Å²) in [5.74, 6) is 0. The maximum Gasteiger partial charge on any atom is 0.0594 e. The van der Waals surface area contributed by atoms with Crippen LogP contribution in [0.2, 0.25) is 0 Å². The van der Waals surface area contributed by atoms with Crippen LogP contribution in [-0.2, 0) is 17.7 Å². The van der Waals surface area contributed by atoms with E-state index in [1.165, 1.54) is 18.4 Å². The summed E-state index contributed by atoms with van der Waals surface area (Å²) in [4.78, 5) is 2.48. The molecule has 3 heteroatoms. The zero-order chi connectivity index (χ0) is 11.2. The normalized spacial score (nSPS) is 17.8. The van der Waals surface area contributed by atoms with E-state index in [9.17, 15) is 0 Å². The number of hydrogen-bond donors (Lipinski definition) is 0. The van der Waals surface area contributed by atoms with E-state index in [-0.39, 0.29) is 0 Å². The summed E-state index contributed by atoms with van der Waals surface area (Å²) in [7, 11) is 0. The molecule has 0 unspecified atom stereocenters. The van der Waals surface area contributed by atoms with Crippen LogP contribution in [-0.4, -0.2) is 42.3 Å². The maximum absolute atomic E-state index is 5.34. The molecule has 0 atom stereocenters. The molecule has 2 rings (SSSR count). The molecule has 2 heterocycles. The molecule has 0 amide bonds. The van der Waals surface area contributed by atoms with Gasteiger partial charge in [0, 0.05) is 38.6 Å². The topological polar surface area (TPSA) is 17.4 Å². The third-order valence-corrected chi connectivity index (χ3v) is 3.13. The SMILES string of the molecule is CCCc1ccn(CCN2CCOCC2)c1. The van der Waals surface area contributed by atoms with Gasteiger partial charge in [-0.2, -0.15) is 0 Å². The van der Waals surface area contributed by atoms with Gasteiger partial charge in [0.05, 0.1) is 13.2 Å². The molecule has 0 spiro atoms. The van der Waals surface area contributed by atoms with Crippen molar-refractivity contribution >= 4 is 0 Å². The van der Waals surface area contributed by atoms with Crippen molar-refractivity contribution in [2.24, 2.45) is 0 Å². The third kappa shape index (κ3) is 3.35. The summed E-state index contributed by atoms with van der Waals surface area (Å²) in [5.41, 5.74) is 1.46. The Kier molecular flexibility index (Phi) is 4.43. The van der Waals surface area contributed by atoms with Gasteiger partial charge in [-0.15, -0.1) is 0 Å². The quantitative estimate of drug-likeness (QED) is 0.755. The van der Waals surface area contributed by atoms with Crippen LogP contribution in [0, 0.1) is 0 Å². The number of morpholine rings is 1. The minimum absolute atomic E-state index is 0.896. The van der Waals surface area contributed by atoms with Gasteiger partial charge >= 0.3 is 0 Å². The van der Waals surface area contributed by atoms with Crippen molar-refractivity contribution in [3.05, 3.63) is 24.0 Å². The van der Waals surface area contributed by atoms with E-state index < -0.39 is 0 Å². The van der Waals surface area contributed by atoms with Crippen LogP contribution in [0.15, 0.2) is 18.5 Å². The van der Waals surface area contributed by atoms with Crippen LogP contribution in [0.4, 0.5) is 0 Å². The molecule has 90 valence electrons. The fourth-order valence-electron chi connectivity index (χ4n) is 2.15. The first-order valence-corrected chi connectivity index (χ1v) is 6.33. The second-order valence-electron chi connectivity index (χ2n) is 4.46. The molecule has 0 radical (unpaired) electrons. The van der Waals surface area contributed by atoms with Crippen LogP contribution in [0.3, 0.4) is 0 Å². The lowest BCUT2D eigenvalue weighted by molar-refractivity contribution is 0.0364. The van der Waals surface area contributed by atoms with Crippen molar-refractivity contribution in [2.45, 2.75) is 26.3 Å². The summed E-state index contributed by atoms with van der Waals surface area (Å²) in [6, 6.07) is 2.24. The molecule has 1 aromatic heterocycles. The van der Waals surface area contributed by atoms with Crippen molar-refractivity contribution in [3.63, 3.8) is 0 Å². The minimum Gasteiger partial charge on any atom is -0.379 e. The smallest absolute Gasteiger partial charge is 0.0594 e. The standard InChI is InChI=1S/C13H22N2O/c1-2-3-13-4-5-15(12-13)7-6-14-8-10-16-11-9-14/h4-5,12H,2-3,6-11H2,1H3. The van der Waals surface area contributed by atoms with Crippen LogP contribution in [0.1, 0.15) is 18.9 Å². The van der Waals surface area contributed by atoms with Gasteiger partial charge in [0.25, 0.3) is 0 Å². The Balaban J connectivity index is 1.75. The number of nitrogens with zero attached hydrogens (tertiary/aromatic N) is 2. The monoisotopic (exact) mass is 222 g/mol. The van der Waals surface area contributed by atoms with Gasteiger partial charge in [0.15, 0.2) is 0 Å².